The molecule has 0 fully saturated rings. The molecule has 2 aromatic rings. The van der Waals surface area contributed by atoms with Crippen LogP contribution in [0.5, 0.6) is 5.75 Å². The van der Waals surface area contributed by atoms with Gasteiger partial charge in [0.2, 0.25) is 0 Å². The number of alkyl halides is 1. The van der Waals surface area contributed by atoms with Crippen LogP contribution < -0.4 is 4.74 Å². The van der Waals surface area contributed by atoms with Gasteiger partial charge in [0.1, 0.15) is 5.75 Å². The number of hydrogen-bond acceptors (Lipinski definition) is 3. The van der Waals surface area contributed by atoms with Gasteiger partial charge in [0.05, 0.1) is 17.6 Å². The third-order valence-electron chi connectivity index (χ3n) is 3.11. The van der Waals surface area contributed by atoms with Crippen molar-refractivity contribution in [3.8, 4) is 5.75 Å². The summed E-state index contributed by atoms with van der Waals surface area (Å²) >= 11 is 5.39. The minimum Gasteiger partial charge on any atom is -0.494 e. The topological polar surface area (TPSA) is 37.9 Å². The highest BCUT2D eigenvalue weighted by atomic mass is 79.9. The maximum absolute atomic E-state index is 5.51. The number of imidazole rings is 1. The van der Waals surface area contributed by atoms with Gasteiger partial charge in [0, 0.05) is 17.1 Å². The van der Waals surface area contributed by atoms with Crippen LogP contribution in [0.25, 0.3) is 11.0 Å². The number of hydrogen-bond donors (Lipinski definition) is 1. The molecule has 0 radical (unpaired) electrons. The number of aromatic amines is 1. The summed E-state index contributed by atoms with van der Waals surface area (Å²) in [7, 11) is 0. The van der Waals surface area contributed by atoms with Crippen LogP contribution in [-0.2, 0) is 0 Å². The third kappa shape index (κ3) is 4.16. The van der Waals surface area contributed by atoms with E-state index in [1.807, 2.05) is 25.1 Å². The first-order valence-corrected chi connectivity index (χ1v) is 9.18. The lowest BCUT2D eigenvalue weighted by Gasteiger charge is -2.10. The second-order valence-electron chi connectivity index (χ2n) is 4.77. The predicted octanol–water partition coefficient (Wildman–Crippen LogP) is 4.86. The molecule has 1 aromatic carbocycles. The van der Waals surface area contributed by atoms with Crippen LogP contribution in [0.3, 0.4) is 0 Å². The van der Waals surface area contributed by atoms with E-state index < -0.39 is 0 Å². The quantitative estimate of drug-likeness (QED) is 0.541. The highest BCUT2D eigenvalue weighted by Gasteiger charge is 2.10. The van der Waals surface area contributed by atoms with E-state index >= 15 is 0 Å². The van der Waals surface area contributed by atoms with Crippen LogP contribution >= 0.6 is 27.7 Å². The molecule has 3 nitrogen and oxygen atoms in total. The number of benzene rings is 1. The summed E-state index contributed by atoms with van der Waals surface area (Å²) in [6.07, 6.45) is 2.49. The SMILES string of the molecule is CCCC(CBr)CSc1nc2ccc(OCC)cc2[nH]1. The molecule has 2 rings (SSSR count). The van der Waals surface area contributed by atoms with E-state index in [2.05, 4.69) is 32.8 Å². The third-order valence-corrected chi connectivity index (χ3v) is 5.13. The maximum Gasteiger partial charge on any atom is 0.166 e. The first-order valence-electron chi connectivity index (χ1n) is 7.08. The Balaban J connectivity index is 2.03. The molecule has 0 aliphatic rings. The first-order chi connectivity index (χ1) is 9.76. The van der Waals surface area contributed by atoms with E-state index in [-0.39, 0.29) is 0 Å². The van der Waals surface area contributed by atoms with E-state index in [1.54, 1.807) is 11.8 Å². The number of nitrogens with zero attached hydrogens (tertiary/aromatic N) is 1. The maximum atomic E-state index is 5.51. The van der Waals surface area contributed by atoms with Crippen LogP contribution in [-0.4, -0.2) is 27.7 Å². The number of H-pyrrole nitrogens is 1. The summed E-state index contributed by atoms with van der Waals surface area (Å²) in [5.74, 6) is 2.69. The van der Waals surface area contributed by atoms with Crippen LogP contribution in [0.2, 0.25) is 0 Å². The summed E-state index contributed by atoms with van der Waals surface area (Å²) < 4.78 is 5.51. The standard InChI is InChI=1S/C15H21BrN2OS/c1-3-5-11(9-16)10-20-15-17-13-7-6-12(19-4-2)8-14(13)18-15/h6-8,11H,3-5,9-10H2,1-2H3,(H,17,18). The number of nitrogens with one attached hydrogen (secondary N) is 1. The first kappa shape index (κ1) is 15.7. The molecule has 0 aliphatic carbocycles. The molecule has 1 unspecified atom stereocenters. The van der Waals surface area contributed by atoms with E-state index in [4.69, 9.17) is 4.74 Å². The van der Waals surface area contributed by atoms with E-state index in [0.717, 1.165) is 33.0 Å². The zero-order chi connectivity index (χ0) is 14.4. The highest BCUT2D eigenvalue weighted by Crippen LogP contribution is 2.26. The molecule has 0 saturated heterocycles. The van der Waals surface area contributed by atoms with Crippen LogP contribution in [0.1, 0.15) is 26.7 Å². The summed E-state index contributed by atoms with van der Waals surface area (Å²) in [6, 6.07) is 6.00. The molecule has 1 heterocycles. The summed E-state index contributed by atoms with van der Waals surface area (Å²) in [6.45, 7) is 4.91. The summed E-state index contributed by atoms with van der Waals surface area (Å²) in [4.78, 5) is 7.99. The van der Waals surface area contributed by atoms with E-state index in [9.17, 15) is 0 Å². The van der Waals surface area contributed by atoms with Gasteiger partial charge in [0.25, 0.3) is 0 Å². The Bertz CT molecular complexity index is 544. The lowest BCUT2D eigenvalue weighted by molar-refractivity contribution is 0.340. The molecule has 5 heteroatoms. The monoisotopic (exact) mass is 356 g/mol. The van der Waals surface area contributed by atoms with Crippen molar-refractivity contribution in [2.24, 2.45) is 5.92 Å². The molecule has 0 saturated carbocycles. The van der Waals surface area contributed by atoms with Crippen molar-refractivity contribution in [2.45, 2.75) is 31.8 Å². The Morgan fingerprint density at radius 3 is 2.95 bits per heavy atom. The number of halogens is 1. The fourth-order valence-electron chi connectivity index (χ4n) is 2.10. The van der Waals surface area contributed by atoms with Crippen LogP contribution in [0, 0.1) is 5.92 Å². The minimum absolute atomic E-state index is 0.686. The molecule has 1 atom stereocenters. The molecule has 20 heavy (non-hydrogen) atoms. The van der Waals surface area contributed by atoms with Crippen molar-refractivity contribution in [1.29, 1.82) is 0 Å². The minimum atomic E-state index is 0.686. The molecular weight excluding hydrogens is 336 g/mol. The predicted molar refractivity (Wildman–Crippen MR) is 90.2 cm³/mol. The van der Waals surface area contributed by atoms with Crippen molar-refractivity contribution in [3.63, 3.8) is 0 Å². The molecule has 0 spiro atoms. The summed E-state index contributed by atoms with van der Waals surface area (Å²) in [5.41, 5.74) is 2.05. The largest absolute Gasteiger partial charge is 0.494 e. The van der Waals surface area contributed by atoms with Crippen molar-refractivity contribution in [2.75, 3.05) is 17.7 Å². The Kier molecular flexibility index (Phi) is 6.23. The molecular formula is C15H21BrN2OS. The number of fused-ring (bicyclic) bond motifs is 1. The average Bonchev–Trinajstić information content (AvgIpc) is 2.86. The second kappa shape index (κ2) is 7.93. The smallest absolute Gasteiger partial charge is 0.166 e. The van der Waals surface area contributed by atoms with E-state index in [1.165, 1.54) is 12.8 Å². The molecule has 0 amide bonds. The van der Waals surface area contributed by atoms with Gasteiger partial charge in [-0.3, -0.25) is 0 Å². The zero-order valence-electron chi connectivity index (χ0n) is 12.0. The lowest BCUT2D eigenvalue weighted by atomic mass is 10.1. The van der Waals surface area contributed by atoms with E-state index in [0.29, 0.717) is 12.5 Å². The van der Waals surface area contributed by atoms with Crippen molar-refractivity contribution < 1.29 is 4.74 Å². The number of rotatable bonds is 8. The van der Waals surface area contributed by atoms with Gasteiger partial charge < -0.3 is 9.72 Å². The molecule has 0 aliphatic heterocycles. The van der Waals surface area contributed by atoms with Crippen molar-refractivity contribution in [3.05, 3.63) is 18.2 Å². The van der Waals surface area contributed by atoms with Crippen molar-refractivity contribution >= 4 is 38.7 Å². The normalized spacial score (nSPS) is 12.8. The number of ether oxygens (including phenoxy) is 1. The van der Waals surface area contributed by atoms with Gasteiger partial charge in [-0.1, -0.05) is 41.0 Å². The van der Waals surface area contributed by atoms with Crippen molar-refractivity contribution in [1.82, 2.24) is 9.97 Å². The molecule has 110 valence electrons. The Morgan fingerprint density at radius 2 is 2.25 bits per heavy atom. The van der Waals surface area contributed by atoms with Gasteiger partial charge in [-0.2, -0.15) is 0 Å². The highest BCUT2D eigenvalue weighted by molar-refractivity contribution is 9.09. The second-order valence-corrected chi connectivity index (χ2v) is 6.43. The lowest BCUT2D eigenvalue weighted by Crippen LogP contribution is -2.04. The van der Waals surface area contributed by atoms with Crippen LogP contribution in [0.4, 0.5) is 0 Å². The van der Waals surface area contributed by atoms with Gasteiger partial charge in [-0.05, 0) is 31.4 Å². The van der Waals surface area contributed by atoms with Crippen LogP contribution in [0.15, 0.2) is 23.4 Å². The Morgan fingerprint density at radius 1 is 1.40 bits per heavy atom. The summed E-state index contributed by atoms with van der Waals surface area (Å²) in [5, 5.41) is 2.05. The molecule has 1 N–H and O–H groups in total. The average molecular weight is 357 g/mol. The Labute approximate surface area is 133 Å². The van der Waals surface area contributed by atoms with Gasteiger partial charge >= 0.3 is 0 Å². The van der Waals surface area contributed by atoms with Gasteiger partial charge in [0.15, 0.2) is 5.16 Å². The van der Waals surface area contributed by atoms with Gasteiger partial charge in [-0.15, -0.1) is 0 Å². The fourth-order valence-corrected chi connectivity index (χ4v) is 3.98. The molecule has 1 aromatic heterocycles. The molecule has 0 bridgehead atoms. The zero-order valence-corrected chi connectivity index (χ0v) is 14.4. The number of thioether (sulfide) groups is 1. The fraction of sp³-hybridized carbons (Fsp3) is 0.533. The number of aromatic nitrogens is 2. The van der Waals surface area contributed by atoms with Gasteiger partial charge in [-0.25, -0.2) is 4.98 Å². The Hall–Kier alpha value is -0.680.